The Morgan fingerprint density at radius 3 is 2.44 bits per heavy atom. The van der Waals surface area contributed by atoms with Gasteiger partial charge in [0.25, 0.3) is 5.91 Å². The highest BCUT2D eigenvalue weighted by molar-refractivity contribution is 6.32. The quantitative estimate of drug-likeness (QED) is 0.390. The average Bonchev–Trinajstić information content (AvgIpc) is 2.84. The molecular formula is C26H21ClF3NO5. The summed E-state index contributed by atoms with van der Waals surface area (Å²) in [5, 5.41) is 11.9. The SMILES string of the molecule is O=C(NCC(c1ccccc1)C(F)(F)F)c1ccc(Oc2cc3c(cc2Cl)C(C(=O)O)CCO3)cc1. The molecule has 0 saturated carbocycles. The van der Waals surface area contributed by atoms with Crippen LogP contribution in [0.1, 0.15) is 39.7 Å². The van der Waals surface area contributed by atoms with Crippen LogP contribution in [0.3, 0.4) is 0 Å². The predicted molar refractivity (Wildman–Crippen MR) is 126 cm³/mol. The number of fused-ring (bicyclic) bond motifs is 1. The third-order valence-corrected chi connectivity index (χ3v) is 6.11. The molecule has 0 aliphatic carbocycles. The molecule has 0 spiro atoms. The number of alkyl halides is 3. The standard InChI is InChI=1S/C26H21ClF3NO5/c27-21-12-19-18(25(33)34)10-11-35-22(19)13-23(21)36-17-8-6-16(7-9-17)24(32)31-14-20(26(28,29)30)15-4-2-1-3-5-15/h1-9,12-13,18,20H,10-11,14H2,(H,31,32)(H,33,34). The average molecular weight is 520 g/mol. The third kappa shape index (κ3) is 5.73. The minimum atomic E-state index is -4.52. The Kier molecular flexibility index (Phi) is 7.40. The van der Waals surface area contributed by atoms with Gasteiger partial charge in [-0.2, -0.15) is 13.2 Å². The van der Waals surface area contributed by atoms with Gasteiger partial charge in [-0.25, -0.2) is 0 Å². The first-order chi connectivity index (χ1) is 17.1. The molecule has 188 valence electrons. The lowest BCUT2D eigenvalue weighted by atomic mass is 9.93. The highest BCUT2D eigenvalue weighted by atomic mass is 35.5. The van der Waals surface area contributed by atoms with Crippen LogP contribution in [0, 0.1) is 0 Å². The molecule has 2 atom stereocenters. The van der Waals surface area contributed by atoms with Crippen molar-refractivity contribution < 1.29 is 37.3 Å². The Morgan fingerprint density at radius 2 is 1.81 bits per heavy atom. The number of carbonyl (C=O) groups excluding carboxylic acids is 1. The number of amides is 1. The van der Waals surface area contributed by atoms with Gasteiger partial charge in [0, 0.05) is 23.7 Å². The van der Waals surface area contributed by atoms with Gasteiger partial charge in [-0.3, -0.25) is 9.59 Å². The van der Waals surface area contributed by atoms with E-state index in [1.165, 1.54) is 60.7 Å². The minimum absolute atomic E-state index is 0.0645. The van der Waals surface area contributed by atoms with Crippen LogP contribution in [0.2, 0.25) is 5.02 Å². The molecule has 3 aromatic rings. The van der Waals surface area contributed by atoms with Crippen molar-refractivity contribution in [3.05, 3.63) is 88.4 Å². The van der Waals surface area contributed by atoms with Gasteiger partial charge < -0.3 is 19.9 Å². The van der Waals surface area contributed by atoms with Gasteiger partial charge in [0.15, 0.2) is 0 Å². The fourth-order valence-corrected chi connectivity index (χ4v) is 4.14. The normalized spacial score (nSPS) is 15.8. The molecule has 1 amide bonds. The maximum absolute atomic E-state index is 13.5. The summed E-state index contributed by atoms with van der Waals surface area (Å²) >= 11 is 6.29. The number of benzene rings is 3. The molecule has 3 aromatic carbocycles. The van der Waals surface area contributed by atoms with Crippen LogP contribution in [0.4, 0.5) is 13.2 Å². The summed E-state index contributed by atoms with van der Waals surface area (Å²) in [6.45, 7) is -0.360. The van der Waals surface area contributed by atoms with Crippen molar-refractivity contribution in [1.82, 2.24) is 5.32 Å². The van der Waals surface area contributed by atoms with E-state index in [4.69, 9.17) is 21.1 Å². The summed E-state index contributed by atoms with van der Waals surface area (Å²) in [6, 6.07) is 16.2. The van der Waals surface area contributed by atoms with Gasteiger partial charge >= 0.3 is 12.1 Å². The van der Waals surface area contributed by atoms with Gasteiger partial charge in [-0.1, -0.05) is 41.9 Å². The number of carboxylic acid groups (broad SMARTS) is 1. The Hall–Kier alpha value is -3.72. The van der Waals surface area contributed by atoms with Crippen molar-refractivity contribution in [3.8, 4) is 17.2 Å². The molecule has 1 aliphatic rings. The number of carboxylic acids is 1. The monoisotopic (exact) mass is 519 g/mol. The first kappa shape index (κ1) is 25.4. The largest absolute Gasteiger partial charge is 0.493 e. The van der Waals surface area contributed by atoms with E-state index in [0.29, 0.717) is 23.5 Å². The first-order valence-corrected chi connectivity index (χ1v) is 11.4. The number of hydrogen-bond donors (Lipinski definition) is 2. The van der Waals surface area contributed by atoms with Crippen LogP contribution >= 0.6 is 11.6 Å². The summed E-state index contributed by atoms with van der Waals surface area (Å²) in [7, 11) is 0. The number of hydrogen-bond acceptors (Lipinski definition) is 4. The third-order valence-electron chi connectivity index (χ3n) is 5.81. The molecule has 1 aliphatic heterocycles. The van der Waals surface area contributed by atoms with Crippen LogP contribution in [0.25, 0.3) is 0 Å². The fourth-order valence-electron chi connectivity index (χ4n) is 3.93. The lowest BCUT2D eigenvalue weighted by molar-refractivity contribution is -0.149. The van der Waals surface area contributed by atoms with Crippen molar-refractivity contribution in [3.63, 3.8) is 0 Å². The number of aliphatic carboxylic acids is 1. The van der Waals surface area contributed by atoms with Gasteiger partial charge in [0.2, 0.25) is 0 Å². The zero-order chi connectivity index (χ0) is 25.9. The Labute approximate surface area is 209 Å². The summed E-state index contributed by atoms with van der Waals surface area (Å²) in [6.07, 6.45) is -4.19. The smallest absolute Gasteiger partial charge is 0.397 e. The zero-order valence-electron chi connectivity index (χ0n) is 18.7. The van der Waals surface area contributed by atoms with Crippen LogP contribution in [-0.4, -0.2) is 36.3 Å². The van der Waals surface area contributed by atoms with E-state index in [0.717, 1.165) is 0 Å². The molecule has 10 heteroatoms. The molecular weight excluding hydrogens is 499 g/mol. The Balaban J connectivity index is 1.43. The van der Waals surface area contributed by atoms with Crippen LogP contribution in [0.5, 0.6) is 17.2 Å². The number of ether oxygens (including phenoxy) is 2. The Bertz CT molecular complexity index is 1250. The second-order valence-electron chi connectivity index (χ2n) is 8.19. The molecule has 0 saturated heterocycles. The highest BCUT2D eigenvalue weighted by Crippen LogP contribution is 2.42. The second-order valence-corrected chi connectivity index (χ2v) is 8.60. The Morgan fingerprint density at radius 1 is 1.11 bits per heavy atom. The van der Waals surface area contributed by atoms with Gasteiger partial charge in [-0.05, 0) is 42.3 Å². The predicted octanol–water partition coefficient (Wildman–Crippen LogP) is 6.16. The first-order valence-electron chi connectivity index (χ1n) is 11.0. The number of halogens is 4. The number of carbonyl (C=O) groups is 2. The van der Waals surface area contributed by atoms with Crippen LogP contribution in [-0.2, 0) is 4.79 Å². The van der Waals surface area contributed by atoms with E-state index in [9.17, 15) is 27.9 Å². The molecule has 36 heavy (non-hydrogen) atoms. The van der Waals surface area contributed by atoms with Crippen molar-refractivity contribution in [1.29, 1.82) is 0 Å². The van der Waals surface area contributed by atoms with E-state index in [1.54, 1.807) is 6.07 Å². The van der Waals surface area contributed by atoms with E-state index in [-0.39, 0.29) is 28.5 Å². The molecule has 0 bridgehead atoms. The van der Waals surface area contributed by atoms with E-state index in [1.807, 2.05) is 0 Å². The summed E-state index contributed by atoms with van der Waals surface area (Å²) < 4.78 is 51.8. The fraction of sp³-hybridized carbons (Fsp3) is 0.231. The molecule has 4 rings (SSSR count). The van der Waals surface area contributed by atoms with E-state index in [2.05, 4.69) is 5.32 Å². The minimum Gasteiger partial charge on any atom is -0.493 e. The maximum atomic E-state index is 13.5. The van der Waals surface area contributed by atoms with Crippen molar-refractivity contribution in [2.45, 2.75) is 24.4 Å². The molecule has 2 N–H and O–H groups in total. The lowest BCUT2D eigenvalue weighted by Gasteiger charge is -2.24. The topological polar surface area (TPSA) is 84.9 Å². The molecule has 0 fully saturated rings. The van der Waals surface area contributed by atoms with E-state index >= 15 is 0 Å². The molecule has 6 nitrogen and oxygen atoms in total. The van der Waals surface area contributed by atoms with Gasteiger partial charge in [0.05, 0.1) is 23.5 Å². The zero-order valence-corrected chi connectivity index (χ0v) is 19.5. The van der Waals surface area contributed by atoms with Crippen LogP contribution < -0.4 is 14.8 Å². The molecule has 0 radical (unpaired) electrons. The second kappa shape index (κ2) is 10.5. The van der Waals surface area contributed by atoms with E-state index < -0.39 is 36.4 Å². The van der Waals surface area contributed by atoms with Crippen molar-refractivity contribution in [2.24, 2.45) is 0 Å². The number of rotatable bonds is 7. The lowest BCUT2D eigenvalue weighted by Crippen LogP contribution is -2.35. The molecule has 1 heterocycles. The van der Waals surface area contributed by atoms with Crippen molar-refractivity contribution >= 4 is 23.5 Å². The van der Waals surface area contributed by atoms with Crippen LogP contribution in [0.15, 0.2) is 66.7 Å². The summed E-state index contributed by atoms with van der Waals surface area (Å²) in [4.78, 5) is 24.0. The summed E-state index contributed by atoms with van der Waals surface area (Å²) in [5.41, 5.74) is 0.681. The molecule has 0 aromatic heterocycles. The van der Waals surface area contributed by atoms with Gasteiger partial charge in [0.1, 0.15) is 17.2 Å². The summed E-state index contributed by atoms with van der Waals surface area (Å²) in [5.74, 6) is -3.28. The number of nitrogens with one attached hydrogen (secondary N) is 1. The van der Waals surface area contributed by atoms with Gasteiger partial charge in [-0.15, -0.1) is 0 Å². The maximum Gasteiger partial charge on any atom is 0.397 e. The highest BCUT2D eigenvalue weighted by Gasteiger charge is 2.40. The molecule has 2 unspecified atom stereocenters. The van der Waals surface area contributed by atoms with Crippen molar-refractivity contribution in [2.75, 3.05) is 13.2 Å².